The Morgan fingerprint density at radius 3 is 2.79 bits per heavy atom. The highest BCUT2D eigenvalue weighted by atomic mass is 79.9. The summed E-state index contributed by atoms with van der Waals surface area (Å²) in [5, 5.41) is 9.33. The van der Waals surface area contributed by atoms with Crippen LogP contribution >= 0.6 is 15.9 Å². The first-order valence-corrected chi connectivity index (χ1v) is 5.08. The highest BCUT2D eigenvalue weighted by Gasteiger charge is 2.12. The molecule has 0 aliphatic rings. The van der Waals surface area contributed by atoms with Crippen molar-refractivity contribution in [3.63, 3.8) is 0 Å². The Balaban J connectivity index is 3.13. The molecule has 0 atom stereocenters. The van der Waals surface area contributed by atoms with Crippen molar-refractivity contribution < 1.29 is 9.90 Å². The molecule has 0 saturated carbocycles. The number of benzene rings is 1. The van der Waals surface area contributed by atoms with Gasteiger partial charge in [0.1, 0.15) is 5.75 Å². The van der Waals surface area contributed by atoms with Gasteiger partial charge in [0.05, 0.1) is 0 Å². The highest BCUT2D eigenvalue weighted by Crippen LogP contribution is 2.27. The van der Waals surface area contributed by atoms with E-state index >= 15 is 0 Å². The second-order valence-electron chi connectivity index (χ2n) is 3.09. The van der Waals surface area contributed by atoms with Crippen molar-refractivity contribution in [3.05, 3.63) is 27.7 Å². The van der Waals surface area contributed by atoms with Gasteiger partial charge < -0.3 is 10.8 Å². The zero-order chi connectivity index (χ0) is 10.7. The number of phenolic OH excluding ortho intramolecular Hbond substituents is 1. The Labute approximate surface area is 91.1 Å². The van der Waals surface area contributed by atoms with Crippen molar-refractivity contribution in [3.8, 4) is 5.75 Å². The smallest absolute Gasteiger partial charge is 0.165 e. The summed E-state index contributed by atoms with van der Waals surface area (Å²) in [6.45, 7) is 2.14. The van der Waals surface area contributed by atoms with Gasteiger partial charge in [0.15, 0.2) is 5.78 Å². The maximum atomic E-state index is 11.5. The molecule has 0 aliphatic heterocycles. The molecule has 14 heavy (non-hydrogen) atoms. The van der Waals surface area contributed by atoms with Gasteiger partial charge in [0.2, 0.25) is 0 Å². The van der Waals surface area contributed by atoms with Crippen LogP contribution in [0.5, 0.6) is 5.75 Å². The van der Waals surface area contributed by atoms with Crippen LogP contribution in [0.15, 0.2) is 16.6 Å². The van der Waals surface area contributed by atoms with Crippen LogP contribution in [0.2, 0.25) is 0 Å². The third kappa shape index (κ3) is 2.33. The molecule has 4 heteroatoms. The molecular formula is C10H12BrNO2. The molecule has 1 aromatic rings. The van der Waals surface area contributed by atoms with E-state index in [2.05, 4.69) is 15.9 Å². The molecule has 0 heterocycles. The molecule has 0 aromatic heterocycles. The van der Waals surface area contributed by atoms with Crippen molar-refractivity contribution in [2.75, 3.05) is 6.54 Å². The van der Waals surface area contributed by atoms with Crippen LogP contribution in [0.3, 0.4) is 0 Å². The predicted molar refractivity (Wildman–Crippen MR) is 58.5 cm³/mol. The maximum Gasteiger partial charge on any atom is 0.165 e. The van der Waals surface area contributed by atoms with Gasteiger partial charge in [-0.25, -0.2) is 0 Å². The van der Waals surface area contributed by atoms with Crippen LogP contribution in [-0.2, 0) is 0 Å². The monoisotopic (exact) mass is 257 g/mol. The van der Waals surface area contributed by atoms with E-state index in [0.717, 1.165) is 10.0 Å². The first-order chi connectivity index (χ1) is 6.56. The van der Waals surface area contributed by atoms with Crippen molar-refractivity contribution in [1.29, 1.82) is 0 Å². The molecule has 76 valence electrons. The van der Waals surface area contributed by atoms with Gasteiger partial charge in [-0.3, -0.25) is 4.79 Å². The largest absolute Gasteiger partial charge is 0.508 e. The Kier molecular flexibility index (Phi) is 3.66. The predicted octanol–water partition coefficient (Wildman–Crippen LogP) is 1.99. The number of phenols is 1. The molecule has 0 saturated heterocycles. The number of hydrogen-bond donors (Lipinski definition) is 2. The second-order valence-corrected chi connectivity index (χ2v) is 3.88. The first kappa shape index (κ1) is 11.2. The van der Waals surface area contributed by atoms with E-state index in [9.17, 15) is 9.90 Å². The number of aromatic hydroxyl groups is 1. The Bertz CT molecular complexity index is 363. The zero-order valence-electron chi connectivity index (χ0n) is 7.88. The van der Waals surface area contributed by atoms with Gasteiger partial charge in [0, 0.05) is 16.5 Å². The van der Waals surface area contributed by atoms with Crippen LogP contribution in [0.25, 0.3) is 0 Å². The molecule has 1 aromatic carbocycles. The molecule has 0 amide bonds. The van der Waals surface area contributed by atoms with E-state index in [1.807, 2.05) is 6.92 Å². The third-order valence-corrected chi connectivity index (χ3v) is 2.96. The van der Waals surface area contributed by atoms with Crippen molar-refractivity contribution >= 4 is 21.7 Å². The minimum absolute atomic E-state index is 0.0571. The fourth-order valence-electron chi connectivity index (χ4n) is 1.22. The van der Waals surface area contributed by atoms with Gasteiger partial charge in [-0.15, -0.1) is 0 Å². The van der Waals surface area contributed by atoms with E-state index in [-0.39, 0.29) is 11.5 Å². The number of halogens is 1. The van der Waals surface area contributed by atoms with Crippen molar-refractivity contribution in [2.45, 2.75) is 13.3 Å². The number of nitrogens with two attached hydrogens (primary N) is 1. The molecule has 0 spiro atoms. The zero-order valence-corrected chi connectivity index (χ0v) is 9.47. The van der Waals surface area contributed by atoms with Gasteiger partial charge in [-0.05, 0) is 47.1 Å². The quantitative estimate of drug-likeness (QED) is 0.815. The minimum Gasteiger partial charge on any atom is -0.508 e. The van der Waals surface area contributed by atoms with Crippen LogP contribution < -0.4 is 5.73 Å². The standard InChI is InChI=1S/C10H12BrNO2/c1-6-4-7(13)5-8(10(6)11)9(14)2-3-12/h4-5,13H,2-3,12H2,1H3. The van der Waals surface area contributed by atoms with Crippen LogP contribution in [-0.4, -0.2) is 17.4 Å². The number of ketones is 1. The van der Waals surface area contributed by atoms with E-state index in [1.54, 1.807) is 6.07 Å². The molecular weight excluding hydrogens is 246 g/mol. The third-order valence-electron chi connectivity index (χ3n) is 1.91. The highest BCUT2D eigenvalue weighted by molar-refractivity contribution is 9.10. The van der Waals surface area contributed by atoms with Gasteiger partial charge in [-0.1, -0.05) is 0 Å². The molecule has 3 N–H and O–H groups in total. The van der Waals surface area contributed by atoms with E-state index in [4.69, 9.17) is 5.73 Å². The fourth-order valence-corrected chi connectivity index (χ4v) is 1.67. The lowest BCUT2D eigenvalue weighted by Gasteiger charge is -2.06. The van der Waals surface area contributed by atoms with E-state index in [0.29, 0.717) is 18.5 Å². The van der Waals surface area contributed by atoms with Gasteiger partial charge in [0.25, 0.3) is 0 Å². The summed E-state index contributed by atoms with van der Waals surface area (Å²) in [4.78, 5) is 11.5. The van der Waals surface area contributed by atoms with Crippen LogP contribution in [0.1, 0.15) is 22.3 Å². The minimum atomic E-state index is -0.0571. The average molecular weight is 258 g/mol. The number of Topliss-reactive ketones (excluding diaryl/α,β-unsaturated/α-hetero) is 1. The van der Waals surface area contributed by atoms with Crippen molar-refractivity contribution in [1.82, 2.24) is 0 Å². The summed E-state index contributed by atoms with van der Waals surface area (Å²) in [5.41, 5.74) is 6.63. The lowest BCUT2D eigenvalue weighted by Crippen LogP contribution is -2.09. The maximum absolute atomic E-state index is 11.5. The number of aryl methyl sites for hydroxylation is 1. The summed E-state index contributed by atoms with van der Waals surface area (Å²) < 4.78 is 0.730. The number of rotatable bonds is 3. The SMILES string of the molecule is Cc1cc(O)cc(C(=O)CCN)c1Br. The molecule has 3 nitrogen and oxygen atoms in total. The lowest BCUT2D eigenvalue weighted by molar-refractivity contribution is 0.0984. The van der Waals surface area contributed by atoms with Crippen LogP contribution in [0.4, 0.5) is 0 Å². The molecule has 1 rings (SSSR count). The Morgan fingerprint density at radius 1 is 1.57 bits per heavy atom. The topological polar surface area (TPSA) is 63.3 Å². The normalized spacial score (nSPS) is 10.2. The van der Waals surface area contributed by atoms with E-state index in [1.165, 1.54) is 6.07 Å². The first-order valence-electron chi connectivity index (χ1n) is 4.28. The molecule has 0 fully saturated rings. The number of carbonyl (C=O) groups is 1. The Morgan fingerprint density at radius 2 is 2.21 bits per heavy atom. The summed E-state index contributed by atoms with van der Waals surface area (Å²) in [5.74, 6) is 0.0458. The van der Waals surface area contributed by atoms with Crippen molar-refractivity contribution in [2.24, 2.45) is 5.73 Å². The lowest BCUT2D eigenvalue weighted by atomic mass is 10.1. The van der Waals surface area contributed by atoms with E-state index < -0.39 is 0 Å². The molecule has 0 bridgehead atoms. The average Bonchev–Trinajstić information content (AvgIpc) is 2.11. The molecule has 0 unspecified atom stereocenters. The summed E-state index contributed by atoms with van der Waals surface area (Å²) in [6.07, 6.45) is 0.293. The second kappa shape index (κ2) is 4.57. The Hall–Kier alpha value is -0.870. The van der Waals surface area contributed by atoms with Gasteiger partial charge >= 0.3 is 0 Å². The molecule has 0 radical (unpaired) electrons. The number of hydrogen-bond acceptors (Lipinski definition) is 3. The summed E-state index contributed by atoms with van der Waals surface area (Å²) in [7, 11) is 0. The van der Waals surface area contributed by atoms with Gasteiger partial charge in [-0.2, -0.15) is 0 Å². The summed E-state index contributed by atoms with van der Waals surface area (Å²) >= 11 is 3.31. The number of carbonyl (C=O) groups excluding carboxylic acids is 1. The summed E-state index contributed by atoms with van der Waals surface area (Å²) in [6, 6.07) is 3.05. The fraction of sp³-hybridized carbons (Fsp3) is 0.300. The molecule has 0 aliphatic carbocycles. The van der Waals surface area contributed by atoms with Crippen LogP contribution in [0, 0.1) is 6.92 Å².